The summed E-state index contributed by atoms with van der Waals surface area (Å²) < 4.78 is 18.5. The van der Waals surface area contributed by atoms with E-state index in [1.807, 2.05) is 13.8 Å². The molecule has 0 radical (unpaired) electrons. The van der Waals surface area contributed by atoms with E-state index >= 15 is 0 Å². The Balaban J connectivity index is 2.66. The van der Waals surface area contributed by atoms with Gasteiger partial charge in [-0.25, -0.2) is 0 Å². The van der Waals surface area contributed by atoms with Crippen molar-refractivity contribution < 1.29 is 9.47 Å². The van der Waals surface area contributed by atoms with Crippen molar-refractivity contribution in [2.75, 3.05) is 13.2 Å². The van der Waals surface area contributed by atoms with Crippen LogP contribution in [-0.2, 0) is 9.47 Å². The molecule has 0 saturated heterocycles. The van der Waals surface area contributed by atoms with Crippen LogP contribution >= 0.6 is 10.9 Å². The maximum Gasteiger partial charge on any atom is 0.286 e. The molecule has 4 nitrogen and oxygen atoms in total. The Morgan fingerprint density at radius 3 is 1.92 bits per heavy atom. The average molecular weight is 188 g/mol. The molecule has 5 heteroatoms. The molecule has 0 spiro atoms. The third-order valence-electron chi connectivity index (χ3n) is 1.12. The van der Waals surface area contributed by atoms with E-state index in [0.29, 0.717) is 25.0 Å². The van der Waals surface area contributed by atoms with Crippen molar-refractivity contribution in [3.8, 4) is 0 Å². The van der Waals surface area contributed by atoms with Crippen LogP contribution in [0.25, 0.3) is 0 Å². The molecule has 0 N–H and O–H groups in total. The second kappa shape index (κ2) is 4.25. The Labute approximate surface area is 74.5 Å². The lowest BCUT2D eigenvalue weighted by atomic mass is 10.6. The first-order valence-electron chi connectivity index (χ1n) is 3.75. The SMILES string of the molecule is C=S1N=C(OCC)C(OCC)=N1. The molecule has 0 fully saturated rings. The summed E-state index contributed by atoms with van der Waals surface area (Å²) in [6.07, 6.45) is 0. The van der Waals surface area contributed by atoms with Crippen molar-refractivity contribution in [3.05, 3.63) is 0 Å². The fourth-order valence-electron chi connectivity index (χ4n) is 0.740. The van der Waals surface area contributed by atoms with E-state index < -0.39 is 10.9 Å². The molecule has 12 heavy (non-hydrogen) atoms. The van der Waals surface area contributed by atoms with Gasteiger partial charge in [0.1, 0.15) is 0 Å². The molecule has 0 aromatic carbocycles. The monoisotopic (exact) mass is 188 g/mol. The van der Waals surface area contributed by atoms with Crippen LogP contribution in [0.1, 0.15) is 13.8 Å². The van der Waals surface area contributed by atoms with E-state index in [9.17, 15) is 0 Å². The Morgan fingerprint density at radius 1 is 1.17 bits per heavy atom. The third-order valence-corrected chi connectivity index (χ3v) is 1.87. The van der Waals surface area contributed by atoms with E-state index in [2.05, 4.69) is 14.7 Å². The highest BCUT2D eigenvalue weighted by Gasteiger charge is 2.18. The summed E-state index contributed by atoms with van der Waals surface area (Å²) in [5, 5.41) is 0. The topological polar surface area (TPSA) is 43.2 Å². The third kappa shape index (κ3) is 2.07. The number of hydrogen-bond donors (Lipinski definition) is 0. The second-order valence-electron chi connectivity index (χ2n) is 2.00. The molecule has 68 valence electrons. The summed E-state index contributed by atoms with van der Waals surface area (Å²) >= 11 is 0. The van der Waals surface area contributed by atoms with Crippen LogP contribution in [0.4, 0.5) is 0 Å². The highest BCUT2D eigenvalue weighted by molar-refractivity contribution is 8.12. The number of nitrogens with zero attached hydrogens (tertiary/aromatic N) is 2. The Kier molecular flexibility index (Phi) is 3.28. The molecule has 0 atom stereocenters. The van der Waals surface area contributed by atoms with Crippen LogP contribution in [0.15, 0.2) is 8.80 Å². The van der Waals surface area contributed by atoms with Crippen molar-refractivity contribution in [3.63, 3.8) is 0 Å². The molecule has 1 rings (SSSR count). The molecule has 1 aliphatic rings. The Bertz CT molecular complexity index is 224. The Morgan fingerprint density at radius 2 is 1.58 bits per heavy atom. The van der Waals surface area contributed by atoms with Gasteiger partial charge in [0.25, 0.3) is 11.8 Å². The van der Waals surface area contributed by atoms with Crippen LogP contribution in [0.2, 0.25) is 0 Å². The van der Waals surface area contributed by atoms with Gasteiger partial charge in [0, 0.05) is 10.9 Å². The van der Waals surface area contributed by atoms with Gasteiger partial charge in [-0.3, -0.25) is 0 Å². The number of ether oxygens (including phenoxy) is 2. The van der Waals surface area contributed by atoms with Gasteiger partial charge >= 0.3 is 0 Å². The maximum absolute atomic E-state index is 5.20. The molecule has 0 unspecified atom stereocenters. The smallest absolute Gasteiger partial charge is 0.286 e. The van der Waals surface area contributed by atoms with Gasteiger partial charge in [-0.05, 0) is 19.7 Å². The molecule has 0 amide bonds. The van der Waals surface area contributed by atoms with Gasteiger partial charge in [0.15, 0.2) is 0 Å². The van der Waals surface area contributed by atoms with Gasteiger partial charge < -0.3 is 9.47 Å². The van der Waals surface area contributed by atoms with E-state index in [-0.39, 0.29) is 0 Å². The quantitative estimate of drug-likeness (QED) is 0.615. The zero-order valence-corrected chi connectivity index (χ0v) is 8.06. The largest absolute Gasteiger partial charge is 0.474 e. The van der Waals surface area contributed by atoms with Crippen molar-refractivity contribution >= 4 is 28.5 Å². The van der Waals surface area contributed by atoms with Crippen LogP contribution in [0, 0.1) is 0 Å². The van der Waals surface area contributed by atoms with Gasteiger partial charge in [-0.1, -0.05) is 0 Å². The van der Waals surface area contributed by atoms with Crippen molar-refractivity contribution in [1.29, 1.82) is 0 Å². The summed E-state index contributed by atoms with van der Waals surface area (Å²) in [7, 11) is -0.560. The highest BCUT2D eigenvalue weighted by Crippen LogP contribution is 2.21. The first-order chi connectivity index (χ1) is 5.77. The van der Waals surface area contributed by atoms with Gasteiger partial charge in [-0.15, -0.1) is 0 Å². The highest BCUT2D eigenvalue weighted by atomic mass is 32.2. The first-order valence-corrected chi connectivity index (χ1v) is 5.06. The van der Waals surface area contributed by atoms with E-state index in [0.717, 1.165) is 0 Å². The zero-order valence-electron chi connectivity index (χ0n) is 7.24. The molecule has 1 aliphatic heterocycles. The second-order valence-corrected chi connectivity index (χ2v) is 3.04. The lowest BCUT2D eigenvalue weighted by molar-refractivity contribution is 0.298. The normalized spacial score (nSPS) is 17.2. The molecule has 0 saturated carbocycles. The summed E-state index contributed by atoms with van der Waals surface area (Å²) in [6.45, 7) is 4.93. The van der Waals surface area contributed by atoms with Crippen molar-refractivity contribution in [2.24, 2.45) is 8.80 Å². The Hall–Kier alpha value is -0.840. The van der Waals surface area contributed by atoms with Crippen LogP contribution in [0.5, 0.6) is 0 Å². The summed E-state index contributed by atoms with van der Waals surface area (Å²) in [6, 6.07) is 0. The lowest BCUT2D eigenvalue weighted by Crippen LogP contribution is -2.17. The fraction of sp³-hybridized carbons (Fsp3) is 0.571. The van der Waals surface area contributed by atoms with Gasteiger partial charge in [0.2, 0.25) is 0 Å². The first kappa shape index (κ1) is 9.25. The number of hydrogen-bond acceptors (Lipinski definition) is 4. The van der Waals surface area contributed by atoms with Crippen molar-refractivity contribution in [2.45, 2.75) is 13.8 Å². The predicted molar refractivity (Wildman–Crippen MR) is 52.8 cm³/mol. The standard InChI is InChI=1S/C7H12N2O2S/c1-4-10-6-7(11-5-2)9-12(3)8-6/h3-5H2,1-2H3. The van der Waals surface area contributed by atoms with Gasteiger partial charge in [-0.2, -0.15) is 8.80 Å². The molecule has 0 aromatic heterocycles. The molecule has 0 bridgehead atoms. The predicted octanol–water partition coefficient (Wildman–Crippen LogP) is 1.40. The average Bonchev–Trinajstić information content (AvgIpc) is 2.33. The minimum atomic E-state index is -0.560. The van der Waals surface area contributed by atoms with E-state index in [4.69, 9.17) is 9.47 Å². The minimum absolute atomic E-state index is 0.484. The zero-order chi connectivity index (χ0) is 8.97. The lowest BCUT2D eigenvalue weighted by Gasteiger charge is -2.04. The van der Waals surface area contributed by atoms with Crippen LogP contribution < -0.4 is 0 Å². The molecule has 0 aliphatic carbocycles. The summed E-state index contributed by atoms with van der Waals surface area (Å²) in [4.78, 5) is 0. The van der Waals surface area contributed by atoms with Gasteiger partial charge in [0.05, 0.1) is 13.2 Å². The minimum Gasteiger partial charge on any atom is -0.474 e. The van der Waals surface area contributed by atoms with Crippen LogP contribution in [-0.4, -0.2) is 30.9 Å². The van der Waals surface area contributed by atoms with Crippen molar-refractivity contribution in [1.82, 2.24) is 0 Å². The molecule has 0 aromatic rings. The molecular formula is C7H12N2O2S. The van der Waals surface area contributed by atoms with Crippen LogP contribution in [0.3, 0.4) is 0 Å². The molecule has 1 heterocycles. The van der Waals surface area contributed by atoms with E-state index in [1.165, 1.54) is 0 Å². The maximum atomic E-state index is 5.20. The number of rotatable bonds is 2. The fourth-order valence-corrected chi connectivity index (χ4v) is 1.42. The summed E-state index contributed by atoms with van der Waals surface area (Å²) in [5.74, 6) is 4.66. The van der Waals surface area contributed by atoms with E-state index in [1.54, 1.807) is 0 Å². The molecular weight excluding hydrogens is 176 g/mol. The summed E-state index contributed by atoms with van der Waals surface area (Å²) in [5.41, 5.74) is 0.